The summed E-state index contributed by atoms with van der Waals surface area (Å²) in [6.45, 7) is 3.25. The van der Waals surface area contributed by atoms with Crippen molar-refractivity contribution in [2.45, 2.75) is 249 Å². The number of amides is 1. The number of carbonyl (C=O) groups excluding carboxylic acids is 1. The van der Waals surface area contributed by atoms with Gasteiger partial charge in [0, 0.05) is 0 Å². The number of ether oxygens (including phenoxy) is 2. The Balaban J connectivity index is 2.54. The smallest absolute Gasteiger partial charge is 0.394 e. The molecule has 0 aliphatic carbocycles. The molecule has 1 rings (SSSR count). The first-order valence-electron chi connectivity index (χ1n) is 22.5. The summed E-state index contributed by atoms with van der Waals surface area (Å²) >= 11 is 0. The Labute approximate surface area is 340 Å². The van der Waals surface area contributed by atoms with Crippen molar-refractivity contribution in [3.63, 3.8) is 0 Å². The Kier molecular flexibility index (Phi) is 32.1. The number of carbonyl (C=O) groups is 1. The number of hydrogen-bond donors (Lipinski definition) is 7. The first kappa shape index (κ1) is 53.1. The lowest BCUT2D eigenvalue weighted by Gasteiger charge is -2.41. The van der Waals surface area contributed by atoms with E-state index in [1.807, 2.05) is 0 Å². The lowest BCUT2D eigenvalue weighted by molar-refractivity contribution is -0.298. The van der Waals surface area contributed by atoms with E-state index in [2.05, 4.69) is 23.3 Å². The molecule has 7 N–H and O–H groups in total. The third kappa shape index (κ3) is 26.2. The Hall–Kier alpha value is -0.940. The number of aliphatic hydroxyl groups is 5. The average molecular weight is 826 g/mol. The van der Waals surface area contributed by atoms with Crippen LogP contribution in [0.4, 0.5) is 0 Å². The molecule has 1 amide bonds. The van der Waals surface area contributed by atoms with Gasteiger partial charge in [0.15, 0.2) is 6.29 Å². The molecule has 8 unspecified atom stereocenters. The zero-order valence-electron chi connectivity index (χ0n) is 35.1. The summed E-state index contributed by atoms with van der Waals surface area (Å²) in [6, 6.07) is -1.03. The van der Waals surface area contributed by atoms with Crippen LogP contribution in [-0.4, -0.2) is 107 Å². The van der Waals surface area contributed by atoms with Crippen LogP contribution in [0.2, 0.25) is 0 Å². The van der Waals surface area contributed by atoms with E-state index >= 15 is 0 Å². The van der Waals surface area contributed by atoms with Crippen molar-refractivity contribution in [3.8, 4) is 0 Å². The Morgan fingerprint density at radius 2 is 1.04 bits per heavy atom. The van der Waals surface area contributed by atoms with Crippen molar-refractivity contribution in [2.24, 2.45) is 0 Å². The zero-order chi connectivity index (χ0) is 41.4. The largest absolute Gasteiger partial charge is 0.397 e. The summed E-state index contributed by atoms with van der Waals surface area (Å²) in [5.41, 5.74) is 0. The van der Waals surface area contributed by atoms with Crippen molar-refractivity contribution < 1.29 is 57.0 Å². The highest BCUT2D eigenvalue weighted by molar-refractivity contribution is 7.80. The predicted molar refractivity (Wildman–Crippen MR) is 219 cm³/mol. The lowest BCUT2D eigenvalue weighted by atomic mass is 9.99. The molecule has 0 radical (unpaired) electrons. The molecule has 13 nitrogen and oxygen atoms in total. The normalized spacial score (nSPS) is 21.9. The van der Waals surface area contributed by atoms with Gasteiger partial charge in [0.25, 0.3) is 0 Å². The average Bonchev–Trinajstić information content (AvgIpc) is 3.16. The molecule has 0 bridgehead atoms. The molecular formula is C42H83NO12S. The summed E-state index contributed by atoms with van der Waals surface area (Å²) in [5, 5.41) is 55.2. The lowest BCUT2D eigenvalue weighted by Crippen LogP contribution is -2.61. The van der Waals surface area contributed by atoms with Crippen molar-refractivity contribution >= 4 is 16.3 Å². The maximum Gasteiger partial charge on any atom is 0.397 e. The van der Waals surface area contributed by atoms with E-state index in [-0.39, 0.29) is 6.42 Å². The summed E-state index contributed by atoms with van der Waals surface area (Å²) in [4.78, 5) is 13.0. The maximum atomic E-state index is 13.0. The van der Waals surface area contributed by atoms with E-state index in [0.29, 0.717) is 19.3 Å². The van der Waals surface area contributed by atoms with Crippen LogP contribution in [0.15, 0.2) is 0 Å². The zero-order valence-corrected chi connectivity index (χ0v) is 35.9. The third-order valence-electron chi connectivity index (χ3n) is 11.0. The van der Waals surface area contributed by atoms with Gasteiger partial charge >= 0.3 is 10.4 Å². The van der Waals surface area contributed by atoms with E-state index in [1.54, 1.807) is 0 Å². The topological polar surface area (TPSA) is 212 Å². The van der Waals surface area contributed by atoms with Crippen LogP contribution >= 0.6 is 0 Å². The Morgan fingerprint density at radius 3 is 1.43 bits per heavy atom. The van der Waals surface area contributed by atoms with Gasteiger partial charge in [-0.3, -0.25) is 9.35 Å². The van der Waals surface area contributed by atoms with Crippen LogP contribution in [0.5, 0.6) is 0 Å². The molecule has 0 saturated carbocycles. The highest BCUT2D eigenvalue weighted by Gasteiger charge is 2.48. The second-order valence-corrected chi connectivity index (χ2v) is 17.2. The van der Waals surface area contributed by atoms with Crippen LogP contribution < -0.4 is 5.32 Å². The SMILES string of the molecule is CCCCCCCCCCCCCCCCCCCCC(O)C(COC1OC(CO)C(O)C(OS(=O)(=O)O)C1O)NC(=O)C(O)CCCCCCCCCCC. The van der Waals surface area contributed by atoms with E-state index in [0.717, 1.165) is 38.5 Å². The van der Waals surface area contributed by atoms with Crippen molar-refractivity contribution in [3.05, 3.63) is 0 Å². The van der Waals surface area contributed by atoms with Gasteiger partial charge in [-0.2, -0.15) is 8.42 Å². The molecule has 334 valence electrons. The number of nitrogens with one attached hydrogen (secondary N) is 1. The van der Waals surface area contributed by atoms with Gasteiger partial charge in [-0.1, -0.05) is 187 Å². The Morgan fingerprint density at radius 1 is 0.643 bits per heavy atom. The van der Waals surface area contributed by atoms with E-state index in [4.69, 9.17) is 14.0 Å². The molecule has 8 atom stereocenters. The van der Waals surface area contributed by atoms with E-state index in [1.165, 1.54) is 122 Å². The highest BCUT2D eigenvalue weighted by atomic mass is 32.3. The maximum absolute atomic E-state index is 13.0. The monoisotopic (exact) mass is 826 g/mol. The molecule has 1 heterocycles. The van der Waals surface area contributed by atoms with Gasteiger partial charge in [0.1, 0.15) is 30.5 Å². The molecule has 0 aromatic rings. The summed E-state index contributed by atoms with van der Waals surface area (Å²) < 4.78 is 47.5. The minimum atomic E-state index is -5.10. The van der Waals surface area contributed by atoms with Gasteiger partial charge in [-0.05, 0) is 12.8 Å². The molecule has 1 saturated heterocycles. The number of aliphatic hydroxyl groups excluding tert-OH is 5. The first-order valence-corrected chi connectivity index (χ1v) is 23.9. The summed E-state index contributed by atoms with van der Waals surface area (Å²) in [5.74, 6) is -0.670. The van der Waals surface area contributed by atoms with E-state index < -0.39 is 78.5 Å². The van der Waals surface area contributed by atoms with Crippen LogP contribution in [0.1, 0.15) is 200 Å². The third-order valence-corrected chi connectivity index (χ3v) is 11.5. The summed E-state index contributed by atoms with van der Waals surface area (Å²) in [6.07, 6.45) is 21.6. The van der Waals surface area contributed by atoms with Crippen LogP contribution in [0.25, 0.3) is 0 Å². The summed E-state index contributed by atoms with van der Waals surface area (Å²) in [7, 11) is -5.10. The highest BCUT2D eigenvalue weighted by Crippen LogP contribution is 2.26. The fourth-order valence-electron chi connectivity index (χ4n) is 7.41. The second kappa shape index (κ2) is 33.8. The molecule has 0 aromatic heterocycles. The van der Waals surface area contributed by atoms with Gasteiger partial charge in [-0.25, -0.2) is 4.18 Å². The molecule has 0 aromatic carbocycles. The number of hydrogen-bond acceptors (Lipinski definition) is 11. The van der Waals surface area contributed by atoms with Crippen LogP contribution in [0, 0.1) is 0 Å². The van der Waals surface area contributed by atoms with Crippen molar-refractivity contribution in [1.29, 1.82) is 0 Å². The minimum Gasteiger partial charge on any atom is -0.394 e. The van der Waals surface area contributed by atoms with Gasteiger partial charge in [0.2, 0.25) is 5.91 Å². The fourth-order valence-corrected chi connectivity index (χ4v) is 7.92. The Bertz CT molecular complexity index is 1040. The molecule has 1 fully saturated rings. The number of rotatable bonds is 38. The number of unbranched alkanes of at least 4 members (excludes halogenated alkanes) is 25. The van der Waals surface area contributed by atoms with Crippen molar-refractivity contribution in [2.75, 3.05) is 13.2 Å². The molecule has 14 heteroatoms. The quantitative estimate of drug-likeness (QED) is 0.0244. The van der Waals surface area contributed by atoms with Gasteiger partial charge in [0.05, 0.1) is 25.4 Å². The van der Waals surface area contributed by atoms with Gasteiger partial charge < -0.3 is 40.3 Å². The molecule has 0 spiro atoms. The predicted octanol–water partition coefficient (Wildman–Crippen LogP) is 7.19. The minimum absolute atomic E-state index is 0.264. The standard InChI is InChI=1S/C42H83NO12S/c1-3-5-7-9-11-13-14-15-16-17-18-19-20-21-23-24-26-28-30-35(45)34(43-41(49)36(46)31-29-27-25-22-12-10-8-6-4-2)33-53-42-39(48)40(55-56(50,51)52)38(47)37(32-44)54-42/h34-40,42,44-48H,3-33H2,1-2H3,(H,43,49)(H,50,51,52). The molecule has 1 aliphatic rings. The second-order valence-electron chi connectivity index (χ2n) is 16.1. The first-order chi connectivity index (χ1) is 26.9. The van der Waals surface area contributed by atoms with E-state index in [9.17, 15) is 38.7 Å². The molecule has 56 heavy (non-hydrogen) atoms. The fraction of sp³-hybridized carbons (Fsp3) is 0.976. The molecule has 1 aliphatic heterocycles. The van der Waals surface area contributed by atoms with Crippen LogP contribution in [-0.2, 0) is 28.9 Å². The van der Waals surface area contributed by atoms with Crippen molar-refractivity contribution in [1.82, 2.24) is 5.32 Å². The van der Waals surface area contributed by atoms with Gasteiger partial charge in [-0.15, -0.1) is 0 Å². The molecular weight excluding hydrogens is 743 g/mol. The van der Waals surface area contributed by atoms with Crippen LogP contribution in [0.3, 0.4) is 0 Å².